The zero-order valence-corrected chi connectivity index (χ0v) is 28.4. The van der Waals surface area contributed by atoms with Gasteiger partial charge in [-0.15, -0.1) is 24.8 Å². The molecule has 1 amide bonds. The molecule has 0 aliphatic heterocycles. The number of allylic oxidation sites excluding steroid dienone is 1. The van der Waals surface area contributed by atoms with Crippen LogP contribution in [0.4, 0.5) is 14.9 Å². The van der Waals surface area contributed by atoms with E-state index in [0.29, 0.717) is 12.1 Å². The number of anilines is 1. The number of rotatable bonds is 12. The van der Waals surface area contributed by atoms with Crippen LogP contribution in [0, 0.1) is 11.8 Å². The van der Waals surface area contributed by atoms with Crippen LogP contribution in [-0.2, 0) is 13.5 Å². The third-order valence-corrected chi connectivity index (χ3v) is 9.46. The number of amides is 1. The predicted molar refractivity (Wildman–Crippen MR) is 189 cm³/mol. The number of hydrogen-bond acceptors (Lipinski definition) is 3. The Hall–Kier alpha value is -3.13. The molecule has 6 nitrogen and oxygen atoms in total. The molecule has 0 unspecified atom stereocenters. The van der Waals surface area contributed by atoms with Crippen molar-refractivity contribution in [2.75, 3.05) is 25.0 Å². The number of imidazole rings is 1. The number of benzene rings is 3. The van der Waals surface area contributed by atoms with E-state index in [1.54, 1.807) is 6.08 Å². The van der Waals surface area contributed by atoms with Gasteiger partial charge in [0.2, 0.25) is 0 Å². The molecule has 0 bridgehead atoms. The largest absolute Gasteiger partial charge is 0.465 e. The van der Waals surface area contributed by atoms with Crippen molar-refractivity contribution in [3.05, 3.63) is 84.5 Å². The number of aromatic nitrogens is 2. The number of para-hydroxylation sites is 2. The Morgan fingerprint density at radius 3 is 2.44 bits per heavy atom. The van der Waals surface area contributed by atoms with Crippen LogP contribution in [-0.4, -0.2) is 51.3 Å². The third-order valence-electron chi connectivity index (χ3n) is 9.46. The SMILES string of the molecule is CC(C)[C@@]1(N(C(=O)O)c2ccc3ccccc3c2)C(F)=CCC[C@H]1CCN(C)CCCCCc1nc2ccccc2n1C.Cl.Cl. The van der Waals surface area contributed by atoms with E-state index < -0.39 is 11.6 Å². The normalized spacial score (nSPS) is 18.1. The molecule has 0 radical (unpaired) electrons. The summed E-state index contributed by atoms with van der Waals surface area (Å²) in [6.45, 7) is 5.66. The summed E-state index contributed by atoms with van der Waals surface area (Å²) in [6, 6.07) is 21.8. The van der Waals surface area contributed by atoms with Gasteiger partial charge in [-0.2, -0.15) is 0 Å². The number of aryl methyl sites for hydroxylation is 2. The molecule has 1 aliphatic rings. The molecule has 0 spiro atoms. The first-order chi connectivity index (χ1) is 20.7. The van der Waals surface area contributed by atoms with E-state index in [-0.39, 0.29) is 42.5 Å². The molecule has 1 aliphatic carbocycles. The van der Waals surface area contributed by atoms with E-state index in [4.69, 9.17) is 4.98 Å². The highest BCUT2D eigenvalue weighted by Crippen LogP contribution is 2.49. The summed E-state index contributed by atoms with van der Waals surface area (Å²) in [5, 5.41) is 12.6. The lowest BCUT2D eigenvalue weighted by molar-refractivity contribution is 0.130. The maximum atomic E-state index is 16.2. The quantitative estimate of drug-likeness (QED) is 0.154. The number of nitrogens with zero attached hydrogens (tertiary/aromatic N) is 4. The lowest BCUT2D eigenvalue weighted by Gasteiger charge is -2.51. The first kappa shape index (κ1) is 36.3. The van der Waals surface area contributed by atoms with Crippen LogP contribution in [0.1, 0.15) is 58.2 Å². The van der Waals surface area contributed by atoms with Gasteiger partial charge >= 0.3 is 6.09 Å². The molecule has 1 heterocycles. The minimum Gasteiger partial charge on any atom is -0.465 e. The van der Waals surface area contributed by atoms with Crippen LogP contribution in [0.2, 0.25) is 0 Å². The molecule has 244 valence electrons. The van der Waals surface area contributed by atoms with E-state index in [1.807, 2.05) is 62.4 Å². The van der Waals surface area contributed by atoms with Crippen LogP contribution in [0.15, 0.2) is 78.6 Å². The fraction of sp³-hybridized carbons (Fsp3) is 0.444. The van der Waals surface area contributed by atoms with E-state index in [2.05, 4.69) is 41.8 Å². The molecule has 1 aromatic heterocycles. The van der Waals surface area contributed by atoms with Crippen molar-refractivity contribution in [3.8, 4) is 0 Å². The second-order valence-corrected chi connectivity index (χ2v) is 12.4. The number of fused-ring (bicyclic) bond motifs is 2. The fourth-order valence-electron chi connectivity index (χ4n) is 7.20. The fourth-order valence-corrected chi connectivity index (χ4v) is 7.20. The highest BCUT2D eigenvalue weighted by Gasteiger charge is 2.54. The Bertz CT molecular complexity index is 1610. The van der Waals surface area contributed by atoms with Crippen molar-refractivity contribution >= 4 is 58.4 Å². The number of carbonyl (C=O) groups is 1. The predicted octanol–water partition coefficient (Wildman–Crippen LogP) is 9.45. The van der Waals surface area contributed by atoms with E-state index in [9.17, 15) is 9.90 Å². The minimum absolute atomic E-state index is 0. The number of hydrogen-bond donors (Lipinski definition) is 1. The van der Waals surface area contributed by atoms with Crippen LogP contribution in [0.5, 0.6) is 0 Å². The number of unbranched alkanes of at least 4 members (excludes halogenated alkanes) is 2. The van der Waals surface area contributed by atoms with Crippen LogP contribution < -0.4 is 4.90 Å². The van der Waals surface area contributed by atoms with E-state index >= 15 is 4.39 Å². The molecule has 45 heavy (non-hydrogen) atoms. The Balaban J connectivity index is 0.00000276. The average molecular weight is 658 g/mol. The van der Waals surface area contributed by atoms with Crippen LogP contribution in [0.25, 0.3) is 21.8 Å². The first-order valence-corrected chi connectivity index (χ1v) is 15.7. The van der Waals surface area contributed by atoms with Gasteiger partial charge in [0.25, 0.3) is 0 Å². The standard InChI is InChI=1S/C36H45FN4O2.2ClH/c1-26(2)36(41(35(42)43)30-21-20-27-13-7-8-14-28(27)25-30)29(15-12-18-33(36)37)22-24-39(3)23-11-5-6-19-34-38-31-16-9-10-17-32(31)40(34)4;;/h7-10,13-14,16-18,20-21,25-26,29H,5-6,11-12,15,19,22-24H2,1-4H3,(H,42,43);2*1H/t29-,36-;;/m0../s1. The first-order valence-electron chi connectivity index (χ1n) is 15.7. The number of halogens is 3. The Morgan fingerprint density at radius 1 is 1.02 bits per heavy atom. The van der Waals surface area contributed by atoms with Crippen molar-refractivity contribution in [1.29, 1.82) is 0 Å². The topological polar surface area (TPSA) is 61.6 Å². The monoisotopic (exact) mass is 656 g/mol. The van der Waals surface area contributed by atoms with Gasteiger partial charge in [0.05, 0.1) is 11.0 Å². The zero-order chi connectivity index (χ0) is 30.6. The lowest BCUT2D eigenvalue weighted by Crippen LogP contribution is -2.61. The van der Waals surface area contributed by atoms with Crippen molar-refractivity contribution in [2.45, 2.75) is 64.3 Å². The van der Waals surface area contributed by atoms with Crippen molar-refractivity contribution in [3.63, 3.8) is 0 Å². The van der Waals surface area contributed by atoms with Gasteiger partial charge in [0, 0.05) is 19.2 Å². The van der Waals surface area contributed by atoms with Crippen molar-refractivity contribution < 1.29 is 14.3 Å². The molecule has 0 fully saturated rings. The second kappa shape index (κ2) is 15.9. The molecule has 0 saturated carbocycles. The summed E-state index contributed by atoms with van der Waals surface area (Å²) in [5.74, 6) is 0.421. The van der Waals surface area contributed by atoms with Gasteiger partial charge < -0.3 is 14.6 Å². The maximum Gasteiger partial charge on any atom is 0.412 e. The Kier molecular flexibility index (Phi) is 12.9. The minimum atomic E-state index is -1.25. The molecular weight excluding hydrogens is 610 g/mol. The summed E-state index contributed by atoms with van der Waals surface area (Å²) in [4.78, 5) is 21.4. The second-order valence-electron chi connectivity index (χ2n) is 12.4. The third kappa shape index (κ3) is 7.48. The summed E-state index contributed by atoms with van der Waals surface area (Å²) < 4.78 is 18.4. The van der Waals surface area contributed by atoms with Gasteiger partial charge in [-0.1, -0.05) is 68.8 Å². The average Bonchev–Trinajstić information content (AvgIpc) is 3.31. The molecule has 4 aromatic rings. The summed E-state index contributed by atoms with van der Waals surface area (Å²) in [7, 11) is 4.21. The molecule has 1 N–H and O–H groups in total. The Labute approximate surface area is 279 Å². The van der Waals surface area contributed by atoms with Gasteiger partial charge in [-0.05, 0) is 99.1 Å². The summed E-state index contributed by atoms with van der Waals surface area (Å²) in [6.07, 6.45) is 6.84. The molecule has 2 atom stereocenters. The molecular formula is C36H47Cl2FN4O2. The molecule has 3 aromatic carbocycles. The van der Waals surface area contributed by atoms with E-state index in [0.717, 1.165) is 73.7 Å². The molecule has 0 saturated heterocycles. The Morgan fingerprint density at radius 2 is 1.73 bits per heavy atom. The molecule has 9 heteroatoms. The van der Waals surface area contributed by atoms with Gasteiger partial charge in [-0.3, -0.25) is 4.90 Å². The van der Waals surface area contributed by atoms with Crippen molar-refractivity contribution in [2.24, 2.45) is 18.9 Å². The molecule has 5 rings (SSSR count). The van der Waals surface area contributed by atoms with Crippen molar-refractivity contribution in [1.82, 2.24) is 14.5 Å². The lowest BCUT2D eigenvalue weighted by atomic mass is 9.66. The number of carboxylic acid groups (broad SMARTS) is 1. The van der Waals surface area contributed by atoms with Crippen LogP contribution in [0.3, 0.4) is 0 Å². The summed E-state index contributed by atoms with van der Waals surface area (Å²) >= 11 is 0. The van der Waals surface area contributed by atoms with Gasteiger partial charge in [-0.25, -0.2) is 14.2 Å². The highest BCUT2D eigenvalue weighted by atomic mass is 35.5. The summed E-state index contributed by atoms with van der Waals surface area (Å²) in [5.41, 5.74) is 1.49. The maximum absolute atomic E-state index is 16.2. The van der Waals surface area contributed by atoms with Crippen LogP contribution >= 0.6 is 24.8 Å². The zero-order valence-electron chi connectivity index (χ0n) is 26.8. The smallest absolute Gasteiger partial charge is 0.412 e. The van der Waals surface area contributed by atoms with Gasteiger partial charge in [0.15, 0.2) is 0 Å². The van der Waals surface area contributed by atoms with Gasteiger partial charge in [0.1, 0.15) is 17.2 Å². The highest BCUT2D eigenvalue weighted by molar-refractivity contribution is 5.94. The van der Waals surface area contributed by atoms with E-state index in [1.165, 1.54) is 10.4 Å².